The monoisotopic (exact) mass is 371 g/mol. The van der Waals surface area contributed by atoms with Gasteiger partial charge in [-0.2, -0.15) is 13.2 Å². The third kappa shape index (κ3) is 4.63. The largest absolute Gasteiger partial charge is 0.418 e. The van der Waals surface area contributed by atoms with Crippen molar-refractivity contribution in [2.24, 2.45) is 0 Å². The van der Waals surface area contributed by atoms with Gasteiger partial charge in [0.25, 0.3) is 5.91 Å². The molecular formula is C20H16F3N3O. The molecule has 0 fully saturated rings. The van der Waals surface area contributed by atoms with Crippen LogP contribution in [0.15, 0.2) is 66.9 Å². The average molecular weight is 371 g/mol. The lowest BCUT2D eigenvalue weighted by Gasteiger charge is -2.14. The number of nitrogens with one attached hydrogen (secondary N) is 2. The van der Waals surface area contributed by atoms with E-state index in [0.29, 0.717) is 5.82 Å². The van der Waals surface area contributed by atoms with Crippen LogP contribution in [0.5, 0.6) is 0 Å². The minimum absolute atomic E-state index is 0.192. The van der Waals surface area contributed by atoms with Gasteiger partial charge in [0.2, 0.25) is 0 Å². The number of rotatable bonds is 4. The van der Waals surface area contributed by atoms with Gasteiger partial charge in [-0.1, -0.05) is 24.3 Å². The smallest absolute Gasteiger partial charge is 0.340 e. The maximum Gasteiger partial charge on any atom is 0.418 e. The molecule has 0 saturated carbocycles. The molecule has 1 aromatic heterocycles. The molecule has 0 aliphatic carbocycles. The van der Waals surface area contributed by atoms with E-state index < -0.39 is 17.6 Å². The van der Waals surface area contributed by atoms with Gasteiger partial charge >= 0.3 is 6.18 Å². The third-order valence-corrected chi connectivity index (χ3v) is 3.79. The molecule has 2 aromatic carbocycles. The second-order valence-corrected chi connectivity index (χ2v) is 5.92. The number of para-hydroxylation sites is 1. The summed E-state index contributed by atoms with van der Waals surface area (Å²) in [5.41, 5.74) is 0.850. The molecule has 0 radical (unpaired) electrons. The maximum atomic E-state index is 13.1. The zero-order chi connectivity index (χ0) is 19.4. The van der Waals surface area contributed by atoms with Gasteiger partial charge in [0.1, 0.15) is 5.82 Å². The molecule has 0 aliphatic heterocycles. The first-order valence-electron chi connectivity index (χ1n) is 8.10. The Morgan fingerprint density at radius 1 is 1.00 bits per heavy atom. The highest BCUT2D eigenvalue weighted by atomic mass is 19.4. The molecule has 0 atom stereocenters. The van der Waals surface area contributed by atoms with Gasteiger partial charge in [-0.3, -0.25) is 4.79 Å². The van der Waals surface area contributed by atoms with Gasteiger partial charge in [-0.15, -0.1) is 0 Å². The number of aryl methyl sites for hydroxylation is 1. The summed E-state index contributed by atoms with van der Waals surface area (Å²) in [5, 5.41) is 5.39. The Labute approximate surface area is 154 Å². The number of nitrogens with zero attached hydrogens (tertiary/aromatic N) is 1. The second kappa shape index (κ2) is 7.49. The first-order chi connectivity index (χ1) is 12.8. The molecule has 0 unspecified atom stereocenters. The summed E-state index contributed by atoms with van der Waals surface area (Å²) in [4.78, 5) is 16.6. The lowest BCUT2D eigenvalue weighted by Crippen LogP contribution is -2.16. The number of anilines is 3. The van der Waals surface area contributed by atoms with Crippen LogP contribution < -0.4 is 10.6 Å². The van der Waals surface area contributed by atoms with Crippen LogP contribution in [0.1, 0.15) is 21.5 Å². The molecule has 138 valence electrons. The van der Waals surface area contributed by atoms with Crippen molar-refractivity contribution in [2.45, 2.75) is 13.1 Å². The predicted molar refractivity (Wildman–Crippen MR) is 98.1 cm³/mol. The quantitative estimate of drug-likeness (QED) is 0.645. The number of hydrogen-bond donors (Lipinski definition) is 2. The highest BCUT2D eigenvalue weighted by molar-refractivity contribution is 6.05. The molecule has 3 aromatic rings. The summed E-state index contributed by atoms with van der Waals surface area (Å²) >= 11 is 0. The van der Waals surface area contributed by atoms with Crippen molar-refractivity contribution in [3.63, 3.8) is 0 Å². The van der Waals surface area contributed by atoms with Crippen molar-refractivity contribution in [2.75, 3.05) is 10.6 Å². The van der Waals surface area contributed by atoms with E-state index in [1.807, 2.05) is 31.2 Å². The first kappa shape index (κ1) is 18.4. The third-order valence-electron chi connectivity index (χ3n) is 3.79. The van der Waals surface area contributed by atoms with Gasteiger partial charge in [-0.25, -0.2) is 4.98 Å². The van der Waals surface area contributed by atoms with Crippen LogP contribution in [0.25, 0.3) is 0 Å². The number of pyridine rings is 1. The van der Waals surface area contributed by atoms with E-state index in [-0.39, 0.29) is 11.3 Å². The fourth-order valence-corrected chi connectivity index (χ4v) is 2.54. The van der Waals surface area contributed by atoms with Crippen LogP contribution in [-0.4, -0.2) is 10.9 Å². The van der Waals surface area contributed by atoms with Crippen molar-refractivity contribution in [3.05, 3.63) is 83.6 Å². The molecule has 7 heteroatoms. The van der Waals surface area contributed by atoms with E-state index >= 15 is 0 Å². The zero-order valence-corrected chi connectivity index (χ0v) is 14.3. The predicted octanol–water partition coefficient (Wildman–Crippen LogP) is 5.40. The Balaban J connectivity index is 1.81. The van der Waals surface area contributed by atoms with Crippen LogP contribution in [-0.2, 0) is 6.18 Å². The fraction of sp³-hybridized carbons (Fsp3) is 0.100. The highest BCUT2D eigenvalue weighted by Crippen LogP contribution is 2.34. The van der Waals surface area contributed by atoms with E-state index in [2.05, 4.69) is 15.6 Å². The standard InChI is InChI=1S/C20H16F3N3O/c1-13-5-4-6-15(11-13)25-18-12-14(9-10-24-18)19(27)26-17-8-3-2-7-16(17)20(21,22)23/h2-12H,1H3,(H,24,25)(H,26,27). The molecule has 0 spiro atoms. The van der Waals surface area contributed by atoms with E-state index in [1.54, 1.807) is 0 Å². The normalized spacial score (nSPS) is 11.1. The first-order valence-corrected chi connectivity index (χ1v) is 8.10. The number of carbonyl (C=O) groups is 1. The molecule has 4 nitrogen and oxygen atoms in total. The van der Waals surface area contributed by atoms with Gasteiger partial charge in [-0.05, 0) is 48.9 Å². The van der Waals surface area contributed by atoms with Crippen molar-refractivity contribution < 1.29 is 18.0 Å². The summed E-state index contributed by atoms with van der Waals surface area (Å²) in [6.07, 6.45) is -3.14. The molecule has 2 N–H and O–H groups in total. The van der Waals surface area contributed by atoms with Crippen molar-refractivity contribution in [1.82, 2.24) is 4.98 Å². The maximum absolute atomic E-state index is 13.1. The molecule has 1 amide bonds. The van der Waals surface area contributed by atoms with Gasteiger partial charge in [0.05, 0.1) is 11.3 Å². The van der Waals surface area contributed by atoms with Crippen molar-refractivity contribution in [1.29, 1.82) is 0 Å². The van der Waals surface area contributed by atoms with Crippen LogP contribution in [0.4, 0.5) is 30.4 Å². The van der Waals surface area contributed by atoms with Gasteiger partial charge in [0, 0.05) is 17.4 Å². The van der Waals surface area contributed by atoms with E-state index in [0.717, 1.165) is 17.3 Å². The van der Waals surface area contributed by atoms with Crippen LogP contribution in [0.2, 0.25) is 0 Å². The summed E-state index contributed by atoms with van der Waals surface area (Å²) < 4.78 is 39.2. The van der Waals surface area contributed by atoms with Gasteiger partial charge in [0.15, 0.2) is 0 Å². The minimum Gasteiger partial charge on any atom is -0.340 e. The van der Waals surface area contributed by atoms with E-state index in [4.69, 9.17) is 0 Å². The Morgan fingerprint density at radius 3 is 2.52 bits per heavy atom. The average Bonchev–Trinajstić information content (AvgIpc) is 2.61. The van der Waals surface area contributed by atoms with Crippen LogP contribution >= 0.6 is 0 Å². The lowest BCUT2D eigenvalue weighted by atomic mass is 10.1. The van der Waals surface area contributed by atoms with Crippen LogP contribution in [0.3, 0.4) is 0 Å². The Morgan fingerprint density at radius 2 is 1.78 bits per heavy atom. The molecule has 1 heterocycles. The number of halogens is 3. The number of aromatic nitrogens is 1. The summed E-state index contributed by atoms with van der Waals surface area (Å²) in [6, 6.07) is 15.3. The molecule has 3 rings (SSSR count). The lowest BCUT2D eigenvalue weighted by molar-refractivity contribution is -0.136. The highest BCUT2D eigenvalue weighted by Gasteiger charge is 2.33. The van der Waals surface area contributed by atoms with E-state index in [1.165, 1.54) is 36.5 Å². The summed E-state index contributed by atoms with van der Waals surface area (Å²) in [5.74, 6) is -0.237. The Bertz CT molecular complexity index is 970. The number of amides is 1. The molecule has 27 heavy (non-hydrogen) atoms. The molecule has 0 bridgehead atoms. The summed E-state index contributed by atoms with van der Waals surface area (Å²) in [7, 11) is 0. The van der Waals surface area contributed by atoms with Crippen LogP contribution in [0, 0.1) is 6.92 Å². The SMILES string of the molecule is Cc1cccc(Nc2cc(C(=O)Nc3ccccc3C(F)(F)F)ccn2)c1. The zero-order valence-electron chi connectivity index (χ0n) is 14.3. The number of hydrogen-bond acceptors (Lipinski definition) is 3. The minimum atomic E-state index is -4.56. The van der Waals surface area contributed by atoms with Gasteiger partial charge < -0.3 is 10.6 Å². The topological polar surface area (TPSA) is 54.0 Å². The molecule has 0 saturated heterocycles. The fourth-order valence-electron chi connectivity index (χ4n) is 2.54. The number of benzene rings is 2. The Hall–Kier alpha value is -3.35. The summed E-state index contributed by atoms with van der Waals surface area (Å²) in [6.45, 7) is 1.95. The van der Waals surface area contributed by atoms with Crippen molar-refractivity contribution in [3.8, 4) is 0 Å². The molecule has 0 aliphatic rings. The number of alkyl halides is 3. The second-order valence-electron chi connectivity index (χ2n) is 5.92. The number of carbonyl (C=O) groups excluding carboxylic acids is 1. The van der Waals surface area contributed by atoms with Crippen molar-refractivity contribution >= 4 is 23.1 Å². The van der Waals surface area contributed by atoms with E-state index in [9.17, 15) is 18.0 Å². The Kier molecular flexibility index (Phi) is 5.12. The molecular weight excluding hydrogens is 355 g/mol.